The fraction of sp³-hybridized carbons (Fsp3) is 0.500. The molecule has 0 saturated heterocycles. The van der Waals surface area contributed by atoms with E-state index in [4.69, 9.17) is 0 Å². The summed E-state index contributed by atoms with van der Waals surface area (Å²) in [5, 5.41) is 11.6. The molecule has 0 aliphatic carbocycles. The molecule has 1 aromatic carbocycles. The van der Waals surface area contributed by atoms with Gasteiger partial charge in [0, 0.05) is 31.7 Å². The molecule has 0 aliphatic heterocycles. The van der Waals surface area contributed by atoms with Crippen molar-refractivity contribution in [2.24, 2.45) is 4.99 Å². The van der Waals surface area contributed by atoms with Crippen LogP contribution in [0.4, 0.5) is 0 Å². The number of aliphatic imine (C=N–C) groups is 1. The molecule has 0 heterocycles. The topological polar surface area (TPSA) is 94.6 Å². The molecule has 1 aromatic rings. The molecular weight excluding hydrogens is 445 g/mol. The second kappa shape index (κ2) is 11.7. The quantitative estimate of drug-likeness (QED) is 0.283. The Bertz CT molecular complexity index is 626. The minimum Gasteiger partial charge on any atom is -0.356 e. The number of hydrogen-bond acceptors (Lipinski definition) is 3. The molecule has 1 rings (SSSR count). The Labute approximate surface area is 172 Å². The van der Waals surface area contributed by atoms with Gasteiger partial charge in [-0.15, -0.1) is 24.0 Å². The van der Waals surface area contributed by atoms with Crippen LogP contribution in [0.15, 0.2) is 29.3 Å². The highest BCUT2D eigenvalue weighted by atomic mass is 127. The number of rotatable bonds is 6. The number of halogens is 1. The summed E-state index contributed by atoms with van der Waals surface area (Å²) in [5.74, 6) is 0.373. The van der Waals surface area contributed by atoms with Gasteiger partial charge in [-0.25, -0.2) is 0 Å². The molecule has 0 saturated carbocycles. The summed E-state index contributed by atoms with van der Waals surface area (Å²) in [6, 6.07) is 7.49. The minimum absolute atomic E-state index is 0. The van der Waals surface area contributed by atoms with E-state index < -0.39 is 0 Å². The second-order valence-corrected chi connectivity index (χ2v) is 6.68. The Morgan fingerprint density at radius 2 is 1.85 bits per heavy atom. The lowest BCUT2D eigenvalue weighted by Gasteiger charge is -2.21. The molecule has 0 radical (unpaired) electrons. The predicted molar refractivity (Wildman–Crippen MR) is 116 cm³/mol. The van der Waals surface area contributed by atoms with E-state index >= 15 is 0 Å². The maximum Gasteiger partial charge on any atom is 0.251 e. The van der Waals surface area contributed by atoms with Crippen LogP contribution < -0.4 is 21.3 Å². The molecule has 0 spiro atoms. The average Bonchev–Trinajstić information content (AvgIpc) is 2.55. The fourth-order valence-electron chi connectivity index (χ4n) is 2.18. The Morgan fingerprint density at radius 1 is 1.15 bits per heavy atom. The van der Waals surface area contributed by atoms with Crippen LogP contribution in [0.1, 0.15) is 36.7 Å². The second-order valence-electron chi connectivity index (χ2n) is 6.68. The summed E-state index contributed by atoms with van der Waals surface area (Å²) in [5.41, 5.74) is 1.43. The van der Waals surface area contributed by atoms with Crippen LogP contribution in [-0.4, -0.2) is 50.5 Å². The Kier molecular flexibility index (Phi) is 10.9. The van der Waals surface area contributed by atoms with Gasteiger partial charge in [0.1, 0.15) is 0 Å². The predicted octanol–water partition coefficient (Wildman–Crippen LogP) is 1.29. The van der Waals surface area contributed by atoms with Crippen molar-refractivity contribution in [3.05, 3.63) is 35.4 Å². The van der Waals surface area contributed by atoms with E-state index in [-0.39, 0.29) is 47.9 Å². The first-order valence-electron chi connectivity index (χ1n) is 8.31. The molecule has 4 N–H and O–H groups in total. The summed E-state index contributed by atoms with van der Waals surface area (Å²) < 4.78 is 0. The van der Waals surface area contributed by atoms with Crippen molar-refractivity contribution in [3.63, 3.8) is 0 Å². The first kappa shape index (κ1) is 24.2. The van der Waals surface area contributed by atoms with Crippen molar-refractivity contribution in [2.75, 3.05) is 27.2 Å². The molecule has 0 unspecified atom stereocenters. The first-order chi connectivity index (χ1) is 11.7. The number of benzene rings is 1. The molecule has 0 aliphatic rings. The lowest BCUT2D eigenvalue weighted by molar-refractivity contribution is -0.121. The van der Waals surface area contributed by atoms with Gasteiger partial charge in [0.2, 0.25) is 5.91 Å². The number of nitrogens with zero attached hydrogens (tertiary/aromatic N) is 1. The maximum atomic E-state index is 11.8. The first-order valence-corrected chi connectivity index (χ1v) is 8.31. The van der Waals surface area contributed by atoms with Crippen molar-refractivity contribution >= 4 is 41.8 Å². The molecule has 146 valence electrons. The van der Waals surface area contributed by atoms with Gasteiger partial charge in [-0.2, -0.15) is 0 Å². The van der Waals surface area contributed by atoms with Crippen molar-refractivity contribution in [1.82, 2.24) is 21.3 Å². The lowest BCUT2D eigenvalue weighted by atomic mass is 10.1. The Balaban J connectivity index is 0.00000625. The summed E-state index contributed by atoms with van der Waals surface area (Å²) in [6.07, 6.45) is 0.736. The van der Waals surface area contributed by atoms with Crippen LogP contribution in [0.5, 0.6) is 0 Å². The van der Waals surface area contributed by atoms with E-state index in [0.717, 1.165) is 12.0 Å². The minimum atomic E-state index is -0.258. The zero-order chi connectivity index (χ0) is 18.9. The van der Waals surface area contributed by atoms with Crippen molar-refractivity contribution in [3.8, 4) is 0 Å². The summed E-state index contributed by atoms with van der Waals surface area (Å²) in [7, 11) is 3.27. The van der Waals surface area contributed by atoms with E-state index in [1.165, 1.54) is 0 Å². The molecule has 0 bridgehead atoms. The molecule has 26 heavy (non-hydrogen) atoms. The van der Waals surface area contributed by atoms with Gasteiger partial charge in [0.25, 0.3) is 5.91 Å². The van der Waals surface area contributed by atoms with Crippen molar-refractivity contribution in [2.45, 2.75) is 32.7 Å². The molecule has 7 nitrogen and oxygen atoms in total. The van der Waals surface area contributed by atoms with Crippen LogP contribution in [0.2, 0.25) is 0 Å². The van der Waals surface area contributed by atoms with Crippen LogP contribution in [0.25, 0.3) is 0 Å². The number of carbonyl (C=O) groups is 2. The highest BCUT2D eigenvalue weighted by Crippen LogP contribution is 2.05. The van der Waals surface area contributed by atoms with Crippen molar-refractivity contribution in [1.29, 1.82) is 0 Å². The van der Waals surface area contributed by atoms with E-state index in [1.807, 2.05) is 39.0 Å². The number of carbonyl (C=O) groups excluding carboxylic acids is 2. The molecule has 0 atom stereocenters. The van der Waals surface area contributed by atoms with E-state index in [0.29, 0.717) is 18.1 Å². The number of guanidine groups is 1. The van der Waals surface area contributed by atoms with Crippen molar-refractivity contribution < 1.29 is 9.59 Å². The lowest BCUT2D eigenvalue weighted by Crippen LogP contribution is -2.48. The van der Waals surface area contributed by atoms with Gasteiger partial charge < -0.3 is 21.3 Å². The van der Waals surface area contributed by atoms with Gasteiger partial charge in [-0.1, -0.05) is 12.1 Å². The third-order valence-electron chi connectivity index (χ3n) is 3.28. The standard InChI is InChI=1S/C18H29N5O2.HI/c1-18(2,3)23-15(24)12-22-17(20-5)21-10-9-13-7-6-8-14(11-13)16(25)19-4;/h6-8,11H,9-10,12H2,1-5H3,(H,19,25)(H,23,24)(H2,20,21,22);1H. The number of amides is 2. The molecule has 8 heteroatoms. The zero-order valence-corrected chi connectivity index (χ0v) is 18.4. The molecular formula is C18H30IN5O2. The van der Waals surface area contributed by atoms with Crippen LogP contribution in [-0.2, 0) is 11.2 Å². The average molecular weight is 475 g/mol. The van der Waals surface area contributed by atoms with E-state index in [9.17, 15) is 9.59 Å². The summed E-state index contributed by atoms with van der Waals surface area (Å²) >= 11 is 0. The molecule has 0 aromatic heterocycles. The Hall–Kier alpha value is -1.84. The monoisotopic (exact) mass is 475 g/mol. The Morgan fingerprint density at radius 3 is 2.42 bits per heavy atom. The highest BCUT2D eigenvalue weighted by molar-refractivity contribution is 14.0. The molecule has 0 fully saturated rings. The van der Waals surface area contributed by atoms with E-state index in [1.54, 1.807) is 20.2 Å². The zero-order valence-electron chi connectivity index (χ0n) is 16.1. The van der Waals surface area contributed by atoms with Gasteiger partial charge in [0.05, 0.1) is 6.54 Å². The SMILES string of the molecule is CN=C(NCCc1cccc(C(=O)NC)c1)NCC(=O)NC(C)(C)C.I. The van der Waals surface area contributed by atoms with Gasteiger partial charge >= 0.3 is 0 Å². The van der Waals surface area contributed by atoms with Gasteiger partial charge in [0.15, 0.2) is 5.96 Å². The largest absolute Gasteiger partial charge is 0.356 e. The highest BCUT2D eigenvalue weighted by Gasteiger charge is 2.13. The molecule has 2 amide bonds. The van der Waals surface area contributed by atoms with Gasteiger partial charge in [-0.3, -0.25) is 14.6 Å². The van der Waals surface area contributed by atoms with Crippen LogP contribution >= 0.6 is 24.0 Å². The van der Waals surface area contributed by atoms with Gasteiger partial charge in [-0.05, 0) is 44.9 Å². The van der Waals surface area contributed by atoms with E-state index in [2.05, 4.69) is 26.3 Å². The van der Waals surface area contributed by atoms with Crippen LogP contribution in [0, 0.1) is 0 Å². The summed E-state index contributed by atoms with van der Waals surface area (Å²) in [4.78, 5) is 27.6. The fourth-order valence-corrected chi connectivity index (χ4v) is 2.18. The third kappa shape index (κ3) is 9.59. The van der Waals surface area contributed by atoms with Crippen LogP contribution in [0.3, 0.4) is 0 Å². The summed E-state index contributed by atoms with van der Waals surface area (Å²) in [6.45, 7) is 6.60. The maximum absolute atomic E-state index is 11.8. The normalized spacial score (nSPS) is 11.2. The number of nitrogens with one attached hydrogen (secondary N) is 4. The third-order valence-corrected chi connectivity index (χ3v) is 3.28. The smallest absolute Gasteiger partial charge is 0.251 e. The number of hydrogen-bond donors (Lipinski definition) is 4.